The highest BCUT2D eigenvalue weighted by molar-refractivity contribution is 5.94. The first-order chi connectivity index (χ1) is 11.2. The zero-order valence-electron chi connectivity index (χ0n) is 14.2. The molecule has 7 nitrogen and oxygen atoms in total. The number of halogens is 2. The van der Waals surface area contributed by atoms with E-state index < -0.39 is 0 Å². The number of likely N-dealkylation sites (tertiary alicyclic amines) is 1. The molecule has 9 heteroatoms. The lowest BCUT2D eigenvalue weighted by Gasteiger charge is -2.35. The van der Waals surface area contributed by atoms with Crippen LogP contribution in [0, 0.1) is 0 Å². The molecule has 0 bridgehead atoms. The summed E-state index contributed by atoms with van der Waals surface area (Å²) in [6.45, 7) is 5.16. The van der Waals surface area contributed by atoms with E-state index in [4.69, 9.17) is 10.2 Å². The van der Waals surface area contributed by atoms with E-state index in [1.165, 1.54) is 19.1 Å². The van der Waals surface area contributed by atoms with Crippen LogP contribution in [0.25, 0.3) is 0 Å². The average molecular weight is 393 g/mol. The Balaban J connectivity index is 0.00000156. The maximum atomic E-state index is 12.4. The fourth-order valence-electron chi connectivity index (χ4n) is 3.17. The third-order valence-electron chi connectivity index (χ3n) is 4.58. The van der Waals surface area contributed by atoms with Gasteiger partial charge in [0.25, 0.3) is 5.91 Å². The van der Waals surface area contributed by atoms with Crippen molar-refractivity contribution in [1.29, 1.82) is 0 Å². The summed E-state index contributed by atoms with van der Waals surface area (Å²) < 4.78 is 5.22. The molecule has 0 spiro atoms. The predicted octanol–water partition coefficient (Wildman–Crippen LogP) is 0.962. The molecule has 0 unspecified atom stereocenters. The zero-order chi connectivity index (χ0) is 16.2. The number of furan rings is 1. The molecule has 25 heavy (non-hydrogen) atoms. The highest BCUT2D eigenvalue weighted by Crippen LogP contribution is 2.13. The first-order valence-electron chi connectivity index (χ1n) is 8.24. The highest BCUT2D eigenvalue weighted by Gasteiger charge is 2.27. The molecule has 2 N–H and O–H groups in total. The minimum atomic E-state index is -0.0555. The van der Waals surface area contributed by atoms with Gasteiger partial charge in [0.05, 0.1) is 18.7 Å². The smallest absolute Gasteiger partial charge is 0.257 e. The van der Waals surface area contributed by atoms with Gasteiger partial charge < -0.3 is 20.0 Å². The summed E-state index contributed by atoms with van der Waals surface area (Å²) in [4.78, 5) is 30.5. The summed E-state index contributed by atoms with van der Waals surface area (Å²) in [5.41, 5.74) is 6.02. The molecule has 2 aliphatic heterocycles. The maximum Gasteiger partial charge on any atom is 0.257 e. The molecule has 2 aliphatic rings. The average Bonchev–Trinajstić information content (AvgIpc) is 3.25. The summed E-state index contributed by atoms with van der Waals surface area (Å²) in [6, 6.07) is 1.69. The molecule has 1 aromatic heterocycles. The lowest BCUT2D eigenvalue weighted by Crippen LogP contribution is -2.52. The van der Waals surface area contributed by atoms with Crippen LogP contribution in [0.1, 0.15) is 29.0 Å². The van der Waals surface area contributed by atoms with Gasteiger partial charge in [0.15, 0.2) is 0 Å². The van der Waals surface area contributed by atoms with Crippen LogP contribution in [0.5, 0.6) is 0 Å². The fourth-order valence-corrected chi connectivity index (χ4v) is 3.17. The second-order valence-electron chi connectivity index (χ2n) is 6.16. The summed E-state index contributed by atoms with van der Waals surface area (Å²) >= 11 is 0. The molecule has 142 valence electrons. The summed E-state index contributed by atoms with van der Waals surface area (Å²) in [5.74, 6) is 0.723. The number of carbonyl (C=O) groups excluding carboxylic acids is 2. The van der Waals surface area contributed by atoms with Crippen LogP contribution in [0.15, 0.2) is 16.7 Å². The molecule has 2 fully saturated rings. The van der Waals surface area contributed by atoms with E-state index in [1.807, 2.05) is 4.90 Å². The maximum absolute atomic E-state index is 12.4. The number of hydrogen-bond acceptors (Lipinski definition) is 5. The van der Waals surface area contributed by atoms with Crippen molar-refractivity contribution in [1.82, 2.24) is 14.7 Å². The topological polar surface area (TPSA) is 83.0 Å². The van der Waals surface area contributed by atoms with E-state index in [1.54, 1.807) is 11.0 Å². The molecule has 3 rings (SSSR count). The molecule has 3 heterocycles. The van der Waals surface area contributed by atoms with Gasteiger partial charge in [-0.3, -0.25) is 14.5 Å². The molecule has 0 aromatic carbocycles. The lowest BCUT2D eigenvalue weighted by atomic mass is 10.2. The number of nitrogens with two attached hydrogens (primary N) is 1. The molecular weight excluding hydrogens is 367 g/mol. The standard InChI is InChI=1S/C16H24N4O3.2ClH/c17-10-14-9-13(12-23-14)16(22)20-7-5-19(6-8-20)15(21)11-18-3-1-2-4-18;;/h9,12H,1-8,10-11,17H2;2*1H. The number of carbonyl (C=O) groups is 2. The molecule has 0 radical (unpaired) electrons. The number of piperazine rings is 1. The van der Waals surface area contributed by atoms with Crippen molar-refractivity contribution >= 4 is 36.6 Å². The molecular formula is C16H26Cl2N4O3. The van der Waals surface area contributed by atoms with E-state index in [0.717, 1.165) is 13.1 Å². The van der Waals surface area contributed by atoms with Crippen LogP contribution < -0.4 is 5.73 Å². The van der Waals surface area contributed by atoms with Crippen molar-refractivity contribution in [3.63, 3.8) is 0 Å². The highest BCUT2D eigenvalue weighted by atomic mass is 35.5. The van der Waals surface area contributed by atoms with Gasteiger partial charge >= 0.3 is 0 Å². The van der Waals surface area contributed by atoms with Gasteiger partial charge in [0.2, 0.25) is 5.91 Å². The number of rotatable bonds is 4. The largest absolute Gasteiger partial charge is 0.467 e. The van der Waals surface area contributed by atoms with Crippen molar-refractivity contribution < 1.29 is 14.0 Å². The Morgan fingerprint density at radius 1 is 1.00 bits per heavy atom. The zero-order valence-corrected chi connectivity index (χ0v) is 15.8. The van der Waals surface area contributed by atoms with Crippen LogP contribution in [0.3, 0.4) is 0 Å². The molecule has 0 aliphatic carbocycles. The summed E-state index contributed by atoms with van der Waals surface area (Å²) in [7, 11) is 0. The van der Waals surface area contributed by atoms with Crippen LogP contribution in [0.2, 0.25) is 0 Å². The summed E-state index contributed by atoms with van der Waals surface area (Å²) in [6.07, 6.45) is 3.82. The van der Waals surface area contributed by atoms with Gasteiger partial charge in [-0.2, -0.15) is 0 Å². The van der Waals surface area contributed by atoms with E-state index in [-0.39, 0.29) is 43.2 Å². The van der Waals surface area contributed by atoms with Gasteiger partial charge in [-0.15, -0.1) is 24.8 Å². The first-order valence-corrected chi connectivity index (χ1v) is 8.24. The van der Waals surface area contributed by atoms with Crippen LogP contribution in [0.4, 0.5) is 0 Å². The second kappa shape index (κ2) is 10.0. The fraction of sp³-hybridized carbons (Fsp3) is 0.625. The molecule has 2 saturated heterocycles. The second-order valence-corrected chi connectivity index (χ2v) is 6.16. The Morgan fingerprint density at radius 3 is 2.16 bits per heavy atom. The van der Waals surface area contributed by atoms with Gasteiger partial charge in [-0.25, -0.2) is 0 Å². The number of hydrogen-bond donors (Lipinski definition) is 1. The van der Waals surface area contributed by atoms with Crippen molar-refractivity contribution in [2.45, 2.75) is 19.4 Å². The molecule has 0 saturated carbocycles. The van der Waals surface area contributed by atoms with Crippen molar-refractivity contribution in [2.75, 3.05) is 45.8 Å². The Hall–Kier alpha value is -1.28. The third kappa shape index (κ3) is 5.34. The van der Waals surface area contributed by atoms with E-state index in [2.05, 4.69) is 4.90 Å². The van der Waals surface area contributed by atoms with E-state index in [9.17, 15) is 9.59 Å². The van der Waals surface area contributed by atoms with E-state index >= 15 is 0 Å². The van der Waals surface area contributed by atoms with Crippen LogP contribution in [-0.2, 0) is 11.3 Å². The van der Waals surface area contributed by atoms with Crippen LogP contribution >= 0.6 is 24.8 Å². The van der Waals surface area contributed by atoms with Crippen LogP contribution in [-0.4, -0.2) is 72.3 Å². The third-order valence-corrected chi connectivity index (χ3v) is 4.58. The Labute approximate surface area is 160 Å². The van der Waals surface area contributed by atoms with E-state index in [0.29, 0.717) is 44.0 Å². The summed E-state index contributed by atoms with van der Waals surface area (Å²) in [5, 5.41) is 0. The monoisotopic (exact) mass is 392 g/mol. The first kappa shape index (κ1) is 21.8. The Bertz CT molecular complexity index is 567. The van der Waals surface area contributed by atoms with Crippen molar-refractivity contribution in [3.8, 4) is 0 Å². The van der Waals surface area contributed by atoms with Gasteiger partial charge in [0.1, 0.15) is 12.0 Å². The quantitative estimate of drug-likeness (QED) is 0.824. The minimum Gasteiger partial charge on any atom is -0.467 e. The lowest BCUT2D eigenvalue weighted by molar-refractivity contribution is -0.133. The minimum absolute atomic E-state index is 0. The molecule has 1 aromatic rings. The predicted molar refractivity (Wildman–Crippen MR) is 99.3 cm³/mol. The molecule has 2 amide bonds. The van der Waals surface area contributed by atoms with Crippen molar-refractivity contribution in [2.24, 2.45) is 5.73 Å². The van der Waals surface area contributed by atoms with Gasteiger partial charge in [-0.1, -0.05) is 0 Å². The van der Waals surface area contributed by atoms with Gasteiger partial charge in [0, 0.05) is 26.2 Å². The number of nitrogens with zero attached hydrogens (tertiary/aromatic N) is 3. The van der Waals surface area contributed by atoms with Gasteiger partial charge in [-0.05, 0) is 32.0 Å². The number of amides is 2. The normalized spacial score (nSPS) is 17.8. The Morgan fingerprint density at radius 2 is 1.60 bits per heavy atom. The van der Waals surface area contributed by atoms with Crippen molar-refractivity contribution in [3.05, 3.63) is 23.7 Å². The Kier molecular flexibility index (Phi) is 8.71. The SMILES string of the molecule is Cl.Cl.NCc1cc(C(=O)N2CCN(C(=O)CN3CCCC3)CC2)co1. The molecule has 0 atom stereocenters.